The van der Waals surface area contributed by atoms with Crippen LogP contribution in [0.5, 0.6) is 0 Å². The number of carbonyl (C=O) groups is 2. The lowest BCUT2D eigenvalue weighted by atomic mass is 10.3. The Labute approximate surface area is 741 Å². The largest absolute Gasteiger partial charge is 0.450 e. The Kier molecular flexibility index (Phi) is 491. The number of carbonyl (C=O) groups excluding carboxylic acids is 4. The monoisotopic (exact) mass is 1750 g/mol. The lowest BCUT2D eigenvalue weighted by molar-refractivity contribution is -0.303. The summed E-state index contributed by atoms with van der Waals surface area (Å²) in [6, 6.07) is 0. The van der Waals surface area contributed by atoms with E-state index in [9.17, 15) is 9.59 Å². The normalized spacial score (nSPS) is 7.86. The molecule has 0 aliphatic heterocycles. The van der Waals surface area contributed by atoms with E-state index in [1.54, 1.807) is 6.92 Å². The molecule has 0 aromatic carbocycles. The third-order valence-corrected chi connectivity index (χ3v) is 9.20. The molecular formula is C88H239N5O24. The first-order valence-electron chi connectivity index (χ1n) is 34.0. The van der Waals surface area contributed by atoms with Gasteiger partial charge in [0.25, 0.3) is 0 Å². The second-order valence-corrected chi connectivity index (χ2v) is 17.5. The quantitative estimate of drug-likeness (QED) is 0.0163. The molecule has 2 amide bonds. The zero-order valence-corrected chi connectivity index (χ0v) is 61.6. The van der Waals surface area contributed by atoms with Gasteiger partial charge in [-0.15, -0.1) is 0 Å². The van der Waals surface area contributed by atoms with E-state index in [4.69, 9.17) is 100 Å². The van der Waals surface area contributed by atoms with Gasteiger partial charge < -0.3 is 91.7 Å². The average molecular weight is 1750 g/mol. The van der Waals surface area contributed by atoms with Crippen LogP contribution in [0.2, 0.25) is 0 Å². The molecule has 0 aromatic heterocycles. The predicted octanol–water partition coefficient (Wildman–Crippen LogP) is 24.8. The Balaban J connectivity index is -0.0000000217. The summed E-state index contributed by atoms with van der Waals surface area (Å²) in [5.41, 5.74) is 0. The number of unbranched alkanes of at least 4 members (excludes halogenated alkanes) is 3. The Morgan fingerprint density at radius 3 is 0.812 bits per heavy atom. The standard InChI is InChI=1S/C10H22N2O5.C9H20N2O5.C9H20O2.2C8H18O3.C8H18O2.C6H15NO.C5H12O.CO2.24CH4/c1-3-5-15-10(13)12-8-11-9-17-16-7-6-14-4-2;1-3-13-5-6-15-16-8-10-7-11-9(12)14-4-2;1-3-7-11-9-6-5-8-10-4-2;1-3-5-10-6-7-11-8-9-4-2;1-3-5-10-8-11-7-6-9-4-2;1-3-5-6-7-10-8-9-4-2;1-3-7-5-6-8-4-2;1-3-5-6-4-2;2-1-3;;;;;;;;;;;;;;;;;;;;;;;;/h11H,3-9H2,1-2H3,(H,12,13);10H,3-8H2,1-2H3,(H,11,12);3-9H2,1-2H3;2*3-8H2,1-2H3;3-8H2,1-2H3;7H,3-6H2,1-2H3;3-5H2,1-2H3;;24*1H4. The molecule has 0 atom stereocenters. The highest BCUT2D eigenvalue weighted by molar-refractivity contribution is 5.67. The summed E-state index contributed by atoms with van der Waals surface area (Å²) in [5, 5.41) is 13.7. The molecule has 0 unspecified atom stereocenters. The highest BCUT2D eigenvalue weighted by Crippen LogP contribution is 1.94. The van der Waals surface area contributed by atoms with Gasteiger partial charge in [-0.3, -0.25) is 10.6 Å². The summed E-state index contributed by atoms with van der Waals surface area (Å²) >= 11 is 0. The van der Waals surface area contributed by atoms with Crippen LogP contribution in [0.1, 0.15) is 353 Å². The van der Waals surface area contributed by atoms with Gasteiger partial charge in [0.05, 0.1) is 72.8 Å². The lowest BCUT2D eigenvalue weighted by Crippen LogP contribution is -2.35. The highest BCUT2D eigenvalue weighted by atomic mass is 17.2. The van der Waals surface area contributed by atoms with E-state index >= 15 is 0 Å². The van der Waals surface area contributed by atoms with E-state index < -0.39 is 12.2 Å². The van der Waals surface area contributed by atoms with Crippen molar-refractivity contribution >= 4 is 18.3 Å². The van der Waals surface area contributed by atoms with Crippen LogP contribution in [0.25, 0.3) is 0 Å². The first kappa shape index (κ1) is 222. The molecule has 0 fully saturated rings. The van der Waals surface area contributed by atoms with Gasteiger partial charge in [-0.2, -0.15) is 9.59 Å². The van der Waals surface area contributed by atoms with E-state index in [1.165, 1.54) is 12.8 Å². The predicted molar refractivity (Wildman–Crippen MR) is 522 cm³/mol. The van der Waals surface area contributed by atoms with E-state index in [0.29, 0.717) is 106 Å². The SMILES string of the molecule is C.C.C.C.C.C.C.C.C.C.C.C.C.C.C.C.C.C.C.C.C.C.C.C.CCCCCOCOCC.CCCOC(=O)NCNCOOCCOCC.CCCOCC.CCCOCCCCOCC.CCCOCCOCOCC.CCCOCOCCOCC.CCNCCOCC.CCOCCOOCNCNC(=O)OCC.O=C=O. The molecule has 0 rings (SSSR count). The van der Waals surface area contributed by atoms with Crippen molar-refractivity contribution in [3.05, 3.63) is 0 Å². The molecular weight excluding hydrogens is 1510 g/mol. The van der Waals surface area contributed by atoms with Crippen molar-refractivity contribution in [2.24, 2.45) is 0 Å². The van der Waals surface area contributed by atoms with Crippen molar-refractivity contribution in [1.82, 2.24) is 26.6 Å². The van der Waals surface area contributed by atoms with Crippen LogP contribution in [0.3, 0.4) is 0 Å². The maximum atomic E-state index is 10.9. The van der Waals surface area contributed by atoms with Crippen LogP contribution >= 0.6 is 0 Å². The third-order valence-electron chi connectivity index (χ3n) is 9.20. The van der Waals surface area contributed by atoms with Gasteiger partial charge in [0.2, 0.25) is 0 Å². The van der Waals surface area contributed by atoms with Gasteiger partial charge in [-0.1, -0.05) is 240 Å². The molecule has 760 valence electrons. The number of alkyl carbamates (subject to hydrolysis) is 2. The minimum absolute atomic E-state index is 0. The molecule has 0 saturated carbocycles. The van der Waals surface area contributed by atoms with Crippen LogP contribution in [0.15, 0.2) is 0 Å². The van der Waals surface area contributed by atoms with Crippen molar-refractivity contribution in [3.8, 4) is 0 Å². The van der Waals surface area contributed by atoms with Gasteiger partial charge in [0.15, 0.2) is 0 Å². The van der Waals surface area contributed by atoms with Crippen molar-refractivity contribution in [1.29, 1.82) is 0 Å². The summed E-state index contributed by atoms with van der Waals surface area (Å²) in [4.78, 5) is 57.0. The molecule has 0 bridgehead atoms. The zero-order chi connectivity index (χ0) is 71.4. The Bertz CT molecular complexity index is 1150. The molecule has 0 heterocycles. The molecule has 0 spiro atoms. The maximum absolute atomic E-state index is 10.9. The summed E-state index contributed by atoms with van der Waals surface area (Å²) in [5.74, 6) is 0. The number of nitrogens with one attached hydrogen (secondary N) is 5. The second-order valence-electron chi connectivity index (χ2n) is 17.5. The van der Waals surface area contributed by atoms with Gasteiger partial charge in [-0.25, -0.2) is 29.1 Å². The number of amides is 2. The van der Waals surface area contributed by atoms with E-state index in [2.05, 4.69) is 72.9 Å². The van der Waals surface area contributed by atoms with E-state index in [1.807, 2.05) is 62.3 Å². The topological polar surface area (TPSA) is 313 Å². The Hall–Kier alpha value is -2.92. The Morgan fingerprint density at radius 1 is 0.231 bits per heavy atom. The van der Waals surface area contributed by atoms with Gasteiger partial charge in [0.1, 0.15) is 47.1 Å². The maximum Gasteiger partial charge on any atom is 0.408 e. The highest BCUT2D eigenvalue weighted by Gasteiger charge is 2.00. The van der Waals surface area contributed by atoms with Crippen molar-refractivity contribution in [3.63, 3.8) is 0 Å². The summed E-state index contributed by atoms with van der Waals surface area (Å²) < 4.78 is 80.6. The Morgan fingerprint density at radius 2 is 0.479 bits per heavy atom. The van der Waals surface area contributed by atoms with Crippen LogP contribution in [-0.4, -0.2) is 250 Å². The number of likely N-dealkylation sites (N-methyl/N-ethyl adjacent to an activating group) is 1. The fourth-order valence-corrected chi connectivity index (χ4v) is 4.92. The minimum atomic E-state index is -0.465. The van der Waals surface area contributed by atoms with Gasteiger partial charge >= 0.3 is 18.3 Å². The molecule has 29 nitrogen and oxygen atoms in total. The number of ether oxygens (including phenoxy) is 16. The van der Waals surface area contributed by atoms with Crippen molar-refractivity contribution < 1.29 is 115 Å². The molecule has 0 aromatic rings. The van der Waals surface area contributed by atoms with Crippen LogP contribution in [-0.2, 0) is 105 Å². The molecule has 5 N–H and O–H groups in total. The number of hydrogen-bond acceptors (Lipinski definition) is 27. The summed E-state index contributed by atoms with van der Waals surface area (Å²) in [7, 11) is 0. The lowest BCUT2D eigenvalue weighted by Gasteiger charge is -2.07. The van der Waals surface area contributed by atoms with Crippen LogP contribution in [0, 0.1) is 0 Å². The zero-order valence-electron chi connectivity index (χ0n) is 61.6. The van der Waals surface area contributed by atoms with E-state index in [0.717, 1.165) is 150 Å². The first-order valence-corrected chi connectivity index (χ1v) is 34.0. The molecule has 29 heteroatoms. The average Bonchev–Trinajstić information content (AvgIpc) is 1.07. The molecule has 117 heavy (non-hydrogen) atoms. The smallest absolute Gasteiger partial charge is 0.408 e. The summed E-state index contributed by atoms with van der Waals surface area (Å²) in [6.45, 7) is 54.1. The fraction of sp³-hybridized carbons (Fsp3) is 0.966. The van der Waals surface area contributed by atoms with Crippen molar-refractivity contribution in [2.45, 2.75) is 353 Å². The molecule has 0 saturated heterocycles. The molecule has 0 aliphatic rings. The van der Waals surface area contributed by atoms with Crippen LogP contribution in [0.4, 0.5) is 9.59 Å². The second kappa shape index (κ2) is 259. The van der Waals surface area contributed by atoms with Gasteiger partial charge in [-0.05, 0) is 120 Å². The fourth-order valence-electron chi connectivity index (χ4n) is 4.92. The van der Waals surface area contributed by atoms with Crippen LogP contribution < -0.4 is 26.6 Å². The number of rotatable bonds is 60. The third kappa shape index (κ3) is 329. The van der Waals surface area contributed by atoms with E-state index in [-0.39, 0.29) is 211 Å². The van der Waals surface area contributed by atoms with Gasteiger partial charge in [0, 0.05) is 106 Å². The minimum Gasteiger partial charge on any atom is -0.450 e. The number of hydrogen-bond donors (Lipinski definition) is 5. The molecule has 0 radical (unpaired) electrons. The molecule has 0 aliphatic carbocycles. The van der Waals surface area contributed by atoms with Crippen molar-refractivity contribution in [2.75, 3.05) is 232 Å². The summed E-state index contributed by atoms with van der Waals surface area (Å²) in [6.07, 6.45) is 10.4. The first-order chi connectivity index (χ1) is 45.5.